The summed E-state index contributed by atoms with van der Waals surface area (Å²) in [5, 5.41) is 3.51. The Morgan fingerprint density at radius 2 is 1.92 bits per heavy atom. The van der Waals surface area contributed by atoms with Crippen molar-refractivity contribution in [1.82, 2.24) is 5.32 Å². The van der Waals surface area contributed by atoms with Gasteiger partial charge >= 0.3 is 0 Å². The molecule has 0 aliphatic carbocycles. The summed E-state index contributed by atoms with van der Waals surface area (Å²) in [6.07, 6.45) is 0.867. The van der Waals surface area contributed by atoms with E-state index in [0.717, 1.165) is 17.5 Å². The van der Waals surface area contributed by atoms with E-state index in [0.29, 0.717) is 17.3 Å². The first-order valence-electron chi connectivity index (χ1n) is 8.34. The zero-order valence-corrected chi connectivity index (χ0v) is 16.4. The van der Waals surface area contributed by atoms with Gasteiger partial charge in [-0.25, -0.2) is 4.99 Å². The molecule has 0 fully saturated rings. The van der Waals surface area contributed by atoms with E-state index in [-0.39, 0.29) is 17.9 Å². The predicted octanol–water partition coefficient (Wildman–Crippen LogP) is 2.55. The molecular weight excluding hydrogens is 338 g/mol. The molecular formula is C18H30ClN5O. The molecule has 0 aromatic heterocycles. The molecule has 0 bridgehead atoms. The van der Waals surface area contributed by atoms with Gasteiger partial charge in [0.2, 0.25) is 0 Å². The number of halogens is 1. The van der Waals surface area contributed by atoms with E-state index < -0.39 is 5.54 Å². The molecule has 1 rings (SSSR count). The summed E-state index contributed by atoms with van der Waals surface area (Å²) in [4.78, 5) is 4.42. The van der Waals surface area contributed by atoms with Gasteiger partial charge in [0.25, 0.3) is 0 Å². The number of hydrogen-bond acceptors (Lipinski definition) is 4. The maximum absolute atomic E-state index is 6.23. The summed E-state index contributed by atoms with van der Waals surface area (Å²) in [7, 11) is 0. The normalized spacial score (nSPS) is 13.8. The highest BCUT2D eigenvalue weighted by molar-refractivity contribution is 6.31. The lowest BCUT2D eigenvalue weighted by Gasteiger charge is -2.22. The van der Waals surface area contributed by atoms with Crippen LogP contribution in [0.4, 0.5) is 0 Å². The largest absolute Gasteiger partial charge is 0.395 e. The molecule has 0 atom stereocenters. The molecule has 0 radical (unpaired) electrons. The van der Waals surface area contributed by atoms with Crippen LogP contribution in [-0.2, 0) is 11.2 Å². The van der Waals surface area contributed by atoms with Crippen molar-refractivity contribution in [1.29, 1.82) is 0 Å². The van der Waals surface area contributed by atoms with Crippen molar-refractivity contribution in [2.24, 2.45) is 22.2 Å². The SMILES string of the molecule is CCc1c(Cl)cccc1/C(N)=C(\N)NC(N)=NC(C)(C)COC(C)C. The second-order valence-electron chi connectivity index (χ2n) is 6.74. The third-order valence-electron chi connectivity index (χ3n) is 3.51. The number of guanidine groups is 1. The van der Waals surface area contributed by atoms with E-state index in [1.807, 2.05) is 52.8 Å². The minimum Gasteiger partial charge on any atom is -0.395 e. The van der Waals surface area contributed by atoms with E-state index in [9.17, 15) is 0 Å². The number of nitrogens with zero attached hydrogens (tertiary/aromatic N) is 1. The quantitative estimate of drug-likeness (QED) is 0.437. The zero-order valence-electron chi connectivity index (χ0n) is 15.7. The van der Waals surface area contributed by atoms with Crippen LogP contribution in [0.2, 0.25) is 5.02 Å². The van der Waals surface area contributed by atoms with E-state index in [1.54, 1.807) is 0 Å². The number of nitrogens with one attached hydrogen (secondary N) is 1. The van der Waals surface area contributed by atoms with Crippen molar-refractivity contribution in [2.45, 2.75) is 52.7 Å². The van der Waals surface area contributed by atoms with Crippen molar-refractivity contribution in [3.05, 3.63) is 40.2 Å². The van der Waals surface area contributed by atoms with Crippen LogP contribution in [0.5, 0.6) is 0 Å². The lowest BCUT2D eigenvalue weighted by molar-refractivity contribution is 0.0502. The first kappa shape index (κ1) is 21.1. The molecule has 1 aromatic carbocycles. The summed E-state index contributed by atoms with van der Waals surface area (Å²) in [6, 6.07) is 5.54. The van der Waals surface area contributed by atoms with E-state index in [2.05, 4.69) is 10.3 Å². The van der Waals surface area contributed by atoms with Gasteiger partial charge in [-0.15, -0.1) is 0 Å². The summed E-state index contributed by atoms with van der Waals surface area (Å²) < 4.78 is 5.60. The van der Waals surface area contributed by atoms with Crippen molar-refractivity contribution in [3.8, 4) is 0 Å². The van der Waals surface area contributed by atoms with Crippen molar-refractivity contribution in [3.63, 3.8) is 0 Å². The second-order valence-corrected chi connectivity index (χ2v) is 7.15. The summed E-state index contributed by atoms with van der Waals surface area (Å²) in [5.41, 5.74) is 19.9. The monoisotopic (exact) mass is 367 g/mol. The first-order chi connectivity index (χ1) is 11.6. The molecule has 25 heavy (non-hydrogen) atoms. The molecule has 6 nitrogen and oxygen atoms in total. The minimum atomic E-state index is -0.485. The molecule has 1 aromatic rings. The maximum atomic E-state index is 6.23. The van der Waals surface area contributed by atoms with Crippen LogP contribution in [0.25, 0.3) is 5.70 Å². The topological polar surface area (TPSA) is 112 Å². The van der Waals surface area contributed by atoms with Crippen LogP contribution in [0.15, 0.2) is 29.0 Å². The minimum absolute atomic E-state index is 0.125. The lowest BCUT2D eigenvalue weighted by atomic mass is 10.0. The Labute approximate surface area is 155 Å². The standard InChI is InChI=1S/C18H30ClN5O/c1-6-12-13(8-7-9-14(12)19)15(20)16(21)23-17(22)24-18(4,5)10-25-11(2)3/h7-9,11H,6,10,20-21H2,1-5H3,(H3,22,23,24)/b16-15-. The molecule has 7 N–H and O–H groups in total. The molecule has 140 valence electrons. The van der Waals surface area contributed by atoms with Gasteiger partial charge in [0.05, 0.1) is 23.9 Å². The Hall–Kier alpha value is -1.92. The van der Waals surface area contributed by atoms with E-state index in [1.165, 1.54) is 0 Å². The van der Waals surface area contributed by atoms with E-state index >= 15 is 0 Å². The highest BCUT2D eigenvalue weighted by Crippen LogP contribution is 2.24. The molecule has 0 aliphatic heterocycles. The summed E-state index contributed by atoms with van der Waals surface area (Å²) >= 11 is 6.23. The first-order valence-corrected chi connectivity index (χ1v) is 8.72. The number of rotatable bonds is 7. The van der Waals surface area contributed by atoms with Crippen LogP contribution in [0.3, 0.4) is 0 Å². The Kier molecular flexibility index (Phi) is 7.58. The molecule has 0 saturated heterocycles. The van der Waals surface area contributed by atoms with Gasteiger partial charge < -0.3 is 27.3 Å². The molecule has 0 saturated carbocycles. The molecule has 0 heterocycles. The van der Waals surface area contributed by atoms with Gasteiger partial charge in [0, 0.05) is 10.6 Å². The third kappa shape index (κ3) is 6.48. The molecule has 0 spiro atoms. The Bertz CT molecular complexity index is 653. The van der Waals surface area contributed by atoms with Crippen molar-refractivity contribution in [2.75, 3.05) is 6.61 Å². The molecule has 0 amide bonds. The van der Waals surface area contributed by atoms with Crippen LogP contribution in [0.1, 0.15) is 45.7 Å². The van der Waals surface area contributed by atoms with E-state index in [4.69, 9.17) is 33.5 Å². The second kappa shape index (κ2) is 8.97. The number of ether oxygens (including phenoxy) is 1. The predicted molar refractivity (Wildman–Crippen MR) is 106 cm³/mol. The van der Waals surface area contributed by atoms with Crippen LogP contribution < -0.4 is 22.5 Å². The van der Waals surface area contributed by atoms with Gasteiger partial charge in [-0.3, -0.25) is 0 Å². The fourth-order valence-electron chi connectivity index (χ4n) is 2.28. The van der Waals surface area contributed by atoms with Gasteiger partial charge in [0.1, 0.15) is 5.82 Å². The average molecular weight is 368 g/mol. The highest BCUT2D eigenvalue weighted by atomic mass is 35.5. The maximum Gasteiger partial charge on any atom is 0.194 e. The van der Waals surface area contributed by atoms with Crippen molar-refractivity contribution < 1.29 is 4.74 Å². The third-order valence-corrected chi connectivity index (χ3v) is 3.86. The Morgan fingerprint density at radius 1 is 1.28 bits per heavy atom. The van der Waals surface area contributed by atoms with Crippen molar-refractivity contribution >= 4 is 23.3 Å². The average Bonchev–Trinajstić information content (AvgIpc) is 2.51. The van der Waals surface area contributed by atoms with Crippen LogP contribution >= 0.6 is 11.6 Å². The molecule has 0 aliphatic rings. The zero-order chi connectivity index (χ0) is 19.2. The van der Waals surface area contributed by atoms with Gasteiger partial charge in [-0.2, -0.15) is 0 Å². The smallest absolute Gasteiger partial charge is 0.194 e. The number of aliphatic imine (C=N–C) groups is 1. The Balaban J connectivity index is 2.99. The molecule has 7 heteroatoms. The van der Waals surface area contributed by atoms with Gasteiger partial charge in [-0.1, -0.05) is 30.7 Å². The number of hydrogen-bond donors (Lipinski definition) is 4. The van der Waals surface area contributed by atoms with Gasteiger partial charge in [0.15, 0.2) is 5.96 Å². The van der Waals surface area contributed by atoms with Gasteiger partial charge in [-0.05, 0) is 45.7 Å². The number of benzene rings is 1. The van der Waals surface area contributed by atoms with Crippen LogP contribution in [0, 0.1) is 0 Å². The Morgan fingerprint density at radius 3 is 2.48 bits per heavy atom. The summed E-state index contributed by atoms with van der Waals surface area (Å²) in [5.74, 6) is 0.414. The number of nitrogens with two attached hydrogens (primary N) is 3. The molecule has 0 unspecified atom stereocenters. The highest BCUT2D eigenvalue weighted by Gasteiger charge is 2.18. The summed E-state index contributed by atoms with van der Waals surface area (Å²) in [6.45, 7) is 10.3. The van der Waals surface area contributed by atoms with Crippen LogP contribution in [-0.4, -0.2) is 24.2 Å². The fourth-order valence-corrected chi connectivity index (χ4v) is 2.59. The fraction of sp³-hybridized carbons (Fsp3) is 0.500. The lowest BCUT2D eigenvalue weighted by Crippen LogP contribution is -2.39.